The van der Waals surface area contributed by atoms with E-state index in [4.69, 9.17) is 23.7 Å². The summed E-state index contributed by atoms with van der Waals surface area (Å²) in [5.41, 5.74) is 2.06. The third-order valence-corrected chi connectivity index (χ3v) is 11.6. The molecule has 8 aromatic rings. The standard InChI is InChI=1S/C34H25FN2O6.C21H15FN2O6/c1-2-41-34(40)43-30-25-14-9-19-36-28(25)31(42-29(22-10-5-3-6-11-22)23-12-7-4-8-13-23)27-26(30)32(38)37(33(27)39)20-21-15-17-24(35)18-16-21;1-2-29-21(28)30-18-13-4-3-9-23-16(13)17(25)14-15(18)20(27)24(19(14)26)10-11-5-7-12(22)8-6-11/h3-19,29H,2,20H2,1H3;3-9,25H,2,10H2,1H3. The Labute approximate surface area is 413 Å². The Hall–Kier alpha value is -9.58. The Balaban J connectivity index is 0.000000192. The van der Waals surface area contributed by atoms with E-state index in [0.717, 1.165) is 20.9 Å². The van der Waals surface area contributed by atoms with Crippen LogP contribution < -0.4 is 14.2 Å². The summed E-state index contributed by atoms with van der Waals surface area (Å²) in [6.07, 6.45) is 0.135. The minimum Gasteiger partial charge on any atom is -0.505 e. The smallest absolute Gasteiger partial charge is 0.505 e. The van der Waals surface area contributed by atoms with Crippen molar-refractivity contribution in [2.45, 2.75) is 33.0 Å². The van der Waals surface area contributed by atoms with Crippen molar-refractivity contribution >= 4 is 57.7 Å². The number of imide groups is 2. The van der Waals surface area contributed by atoms with Crippen molar-refractivity contribution in [1.82, 2.24) is 19.8 Å². The second kappa shape index (κ2) is 20.8. The summed E-state index contributed by atoms with van der Waals surface area (Å²) < 4.78 is 54.1. The van der Waals surface area contributed by atoms with Gasteiger partial charge in [-0.2, -0.15) is 0 Å². The van der Waals surface area contributed by atoms with Crippen LogP contribution >= 0.6 is 0 Å². The first-order chi connectivity index (χ1) is 35.4. The zero-order valence-electron chi connectivity index (χ0n) is 38.7. The molecular weight excluding hydrogens is 947 g/mol. The molecule has 0 saturated carbocycles. The second-order valence-electron chi connectivity index (χ2n) is 16.2. The number of hydrogen-bond acceptors (Lipinski definition) is 14. The number of nitrogens with zero attached hydrogens (tertiary/aromatic N) is 4. The van der Waals surface area contributed by atoms with Crippen molar-refractivity contribution in [2.24, 2.45) is 0 Å². The van der Waals surface area contributed by atoms with Gasteiger partial charge in [-0.3, -0.25) is 38.9 Å². The summed E-state index contributed by atoms with van der Waals surface area (Å²) in [4.78, 5) is 89.1. The topological polar surface area (TPSA) is 201 Å². The van der Waals surface area contributed by atoms with E-state index in [1.165, 1.54) is 73.1 Å². The highest BCUT2D eigenvalue weighted by atomic mass is 19.1. The summed E-state index contributed by atoms with van der Waals surface area (Å²) in [6.45, 7) is 2.98. The first-order valence-corrected chi connectivity index (χ1v) is 22.6. The van der Waals surface area contributed by atoms with Gasteiger partial charge >= 0.3 is 12.3 Å². The molecule has 0 aliphatic carbocycles. The quantitative estimate of drug-likeness (QED) is 0.0688. The van der Waals surface area contributed by atoms with E-state index < -0.39 is 59.4 Å². The SMILES string of the molecule is CCOC(=O)Oc1c2c(c(O)c3ncccc13)C(=O)N(Cc1ccc(F)cc1)C2=O.CCOC(=O)Oc1c2c(c(OC(c3ccccc3)c3ccccc3)c3ncccc13)C(=O)N(Cc1ccc(F)cc1)C2=O. The molecule has 6 aromatic carbocycles. The average molecular weight is 987 g/mol. The number of aromatic hydroxyl groups is 1. The number of phenols is 1. The lowest BCUT2D eigenvalue weighted by atomic mass is 9.99. The number of fused-ring (bicyclic) bond motifs is 4. The highest BCUT2D eigenvalue weighted by molar-refractivity contribution is 6.28. The number of ether oxygens (including phenoxy) is 5. The van der Waals surface area contributed by atoms with Crippen LogP contribution in [0, 0.1) is 11.6 Å². The van der Waals surface area contributed by atoms with E-state index in [9.17, 15) is 42.7 Å². The van der Waals surface area contributed by atoms with Crippen LogP contribution in [0.5, 0.6) is 23.0 Å². The fraction of sp³-hybridized carbons (Fsp3) is 0.127. The molecule has 0 radical (unpaired) electrons. The number of hydrogen-bond donors (Lipinski definition) is 1. The first kappa shape index (κ1) is 48.4. The van der Waals surface area contributed by atoms with Gasteiger partial charge in [-0.1, -0.05) is 84.9 Å². The molecule has 73 heavy (non-hydrogen) atoms. The highest BCUT2D eigenvalue weighted by Gasteiger charge is 2.45. The van der Waals surface area contributed by atoms with Gasteiger partial charge in [0.05, 0.1) is 26.3 Å². The zero-order chi connectivity index (χ0) is 51.3. The Morgan fingerprint density at radius 2 is 0.918 bits per heavy atom. The van der Waals surface area contributed by atoms with E-state index in [1.54, 1.807) is 26.0 Å². The molecular formula is C55H40F2N4O12. The Bertz CT molecular complexity index is 3430. The predicted octanol–water partition coefficient (Wildman–Crippen LogP) is 10.3. The summed E-state index contributed by atoms with van der Waals surface area (Å²) in [5.74, 6) is -4.60. The molecule has 16 nitrogen and oxygen atoms in total. The summed E-state index contributed by atoms with van der Waals surface area (Å²) in [7, 11) is 0. The van der Waals surface area contributed by atoms with Crippen molar-refractivity contribution in [3.05, 3.63) is 202 Å². The molecule has 0 atom stereocenters. The Morgan fingerprint density at radius 3 is 1.37 bits per heavy atom. The van der Waals surface area contributed by atoms with Crippen LogP contribution in [-0.4, -0.2) is 74.0 Å². The van der Waals surface area contributed by atoms with Gasteiger partial charge < -0.3 is 28.8 Å². The van der Waals surface area contributed by atoms with Crippen LogP contribution in [0.3, 0.4) is 0 Å². The normalized spacial score (nSPS) is 12.7. The molecule has 0 fully saturated rings. The average Bonchev–Trinajstić information content (AvgIpc) is 3.80. The van der Waals surface area contributed by atoms with Gasteiger partial charge in [-0.15, -0.1) is 0 Å². The number of pyridine rings is 2. The van der Waals surface area contributed by atoms with E-state index in [2.05, 4.69) is 9.97 Å². The van der Waals surface area contributed by atoms with Crippen LogP contribution in [0.1, 0.15) is 83.6 Å². The van der Waals surface area contributed by atoms with Crippen molar-refractivity contribution in [1.29, 1.82) is 0 Å². The number of rotatable bonds is 12. The monoisotopic (exact) mass is 986 g/mol. The van der Waals surface area contributed by atoms with Crippen molar-refractivity contribution < 1.29 is 66.3 Å². The fourth-order valence-electron chi connectivity index (χ4n) is 8.38. The van der Waals surface area contributed by atoms with Crippen LogP contribution in [0.15, 0.2) is 146 Å². The number of phenolic OH excluding ortho intramolecular Hbond substituents is 1. The van der Waals surface area contributed by atoms with Gasteiger partial charge in [0.2, 0.25) is 0 Å². The first-order valence-electron chi connectivity index (χ1n) is 22.6. The highest BCUT2D eigenvalue weighted by Crippen LogP contribution is 2.47. The molecule has 0 unspecified atom stereocenters. The second-order valence-corrected chi connectivity index (χ2v) is 16.2. The lowest BCUT2D eigenvalue weighted by molar-refractivity contribution is 0.0623. The van der Waals surface area contributed by atoms with E-state index >= 15 is 0 Å². The molecule has 0 spiro atoms. The Kier molecular flexibility index (Phi) is 13.8. The van der Waals surface area contributed by atoms with Gasteiger partial charge in [-0.05, 0) is 84.6 Å². The molecule has 2 aromatic heterocycles. The number of benzene rings is 6. The zero-order valence-corrected chi connectivity index (χ0v) is 38.7. The van der Waals surface area contributed by atoms with Crippen LogP contribution in [0.25, 0.3) is 21.8 Å². The van der Waals surface area contributed by atoms with Crippen molar-refractivity contribution in [2.75, 3.05) is 13.2 Å². The van der Waals surface area contributed by atoms with Gasteiger partial charge in [0.25, 0.3) is 23.6 Å². The molecule has 2 aliphatic heterocycles. The van der Waals surface area contributed by atoms with Crippen molar-refractivity contribution in [3.8, 4) is 23.0 Å². The Morgan fingerprint density at radius 1 is 0.521 bits per heavy atom. The summed E-state index contributed by atoms with van der Waals surface area (Å²) in [6, 6.07) is 36.0. The summed E-state index contributed by atoms with van der Waals surface area (Å²) >= 11 is 0. The molecule has 366 valence electrons. The lowest BCUT2D eigenvalue weighted by Crippen LogP contribution is -2.29. The van der Waals surface area contributed by atoms with Gasteiger partial charge in [-0.25, -0.2) is 18.4 Å². The molecule has 0 saturated heterocycles. The number of halogens is 2. The molecule has 1 N–H and O–H groups in total. The summed E-state index contributed by atoms with van der Waals surface area (Å²) in [5, 5.41) is 11.1. The third kappa shape index (κ3) is 9.56. The van der Waals surface area contributed by atoms with Crippen LogP contribution in [-0.2, 0) is 22.6 Å². The minimum absolute atomic E-state index is 0.000306. The maximum atomic E-state index is 14.1. The number of aromatic nitrogens is 2. The number of carbonyl (C=O) groups is 6. The molecule has 4 amide bonds. The molecule has 10 rings (SSSR count). The predicted molar refractivity (Wildman–Crippen MR) is 257 cm³/mol. The van der Waals surface area contributed by atoms with Gasteiger partial charge in [0, 0.05) is 23.2 Å². The van der Waals surface area contributed by atoms with E-state index in [1.807, 2.05) is 60.7 Å². The van der Waals surface area contributed by atoms with Crippen LogP contribution in [0.2, 0.25) is 0 Å². The van der Waals surface area contributed by atoms with Crippen molar-refractivity contribution in [3.63, 3.8) is 0 Å². The van der Waals surface area contributed by atoms with Crippen LogP contribution in [0.4, 0.5) is 18.4 Å². The number of amides is 4. The van der Waals surface area contributed by atoms with Gasteiger partial charge in [0.1, 0.15) is 51.0 Å². The molecule has 18 heteroatoms. The van der Waals surface area contributed by atoms with Gasteiger partial charge in [0.15, 0.2) is 23.0 Å². The van der Waals surface area contributed by atoms with E-state index in [-0.39, 0.29) is 87.6 Å². The van der Waals surface area contributed by atoms with E-state index in [0.29, 0.717) is 11.1 Å². The number of carbonyl (C=O) groups excluding carboxylic acids is 6. The molecule has 4 heterocycles. The largest absolute Gasteiger partial charge is 0.513 e. The molecule has 0 bridgehead atoms. The lowest BCUT2D eigenvalue weighted by Gasteiger charge is -2.23. The minimum atomic E-state index is -1.06. The molecule has 2 aliphatic rings. The fourth-order valence-corrected chi connectivity index (χ4v) is 8.38. The third-order valence-electron chi connectivity index (χ3n) is 11.6. The maximum Gasteiger partial charge on any atom is 0.513 e. The maximum absolute atomic E-state index is 14.1.